The number of alkyl halides is 1. The molecule has 18 heavy (non-hydrogen) atoms. The second-order valence-electron chi connectivity index (χ2n) is 3.60. The van der Waals surface area contributed by atoms with E-state index in [1.807, 2.05) is 6.92 Å². The molecule has 2 N–H and O–H groups in total. The molecule has 100 valence electrons. The van der Waals surface area contributed by atoms with Crippen LogP contribution in [-0.4, -0.2) is 26.2 Å². The quantitative estimate of drug-likeness (QED) is 0.805. The molecule has 1 rings (SSSR count). The smallest absolute Gasteiger partial charge is 0.240 e. The van der Waals surface area contributed by atoms with Crippen molar-refractivity contribution in [2.45, 2.75) is 23.1 Å². The van der Waals surface area contributed by atoms with Gasteiger partial charge in [0.25, 0.3) is 0 Å². The molecule has 7 heteroatoms. The van der Waals surface area contributed by atoms with Gasteiger partial charge >= 0.3 is 0 Å². The molecule has 0 aromatic heterocycles. The zero-order valence-corrected chi connectivity index (χ0v) is 12.5. The Labute approximate surface area is 115 Å². The number of nitrogens with one attached hydrogen (secondary N) is 2. The predicted octanol–water partition coefficient (Wildman–Crippen LogP) is 1.71. The van der Waals surface area contributed by atoms with Crippen molar-refractivity contribution in [1.29, 1.82) is 0 Å². The number of amides is 1. The van der Waals surface area contributed by atoms with Crippen molar-refractivity contribution in [3.05, 3.63) is 24.3 Å². The van der Waals surface area contributed by atoms with Gasteiger partial charge in [-0.15, -0.1) is 0 Å². The van der Waals surface area contributed by atoms with Crippen LogP contribution < -0.4 is 10.0 Å². The molecule has 1 aromatic carbocycles. The summed E-state index contributed by atoms with van der Waals surface area (Å²) < 4.78 is 25.4. The minimum absolute atomic E-state index is 0.116. The van der Waals surface area contributed by atoms with E-state index < -0.39 is 10.0 Å². The van der Waals surface area contributed by atoms with Gasteiger partial charge in [0, 0.05) is 5.69 Å². The van der Waals surface area contributed by atoms with E-state index in [-0.39, 0.29) is 15.6 Å². The maximum Gasteiger partial charge on any atom is 0.240 e. The fraction of sp³-hybridized carbons (Fsp3) is 0.364. The first-order valence-corrected chi connectivity index (χ1v) is 7.79. The zero-order valence-electron chi connectivity index (χ0n) is 10.1. The van der Waals surface area contributed by atoms with Gasteiger partial charge in [0.1, 0.15) is 0 Å². The van der Waals surface area contributed by atoms with Gasteiger partial charge in [0.05, 0.1) is 9.72 Å². The predicted molar refractivity (Wildman–Crippen MR) is 74.3 cm³/mol. The summed E-state index contributed by atoms with van der Waals surface area (Å²) in [5.74, 6) is -0.198. The van der Waals surface area contributed by atoms with E-state index >= 15 is 0 Å². The minimum atomic E-state index is -3.50. The minimum Gasteiger partial charge on any atom is -0.325 e. The molecule has 0 saturated heterocycles. The highest BCUT2D eigenvalue weighted by molar-refractivity contribution is 9.10. The third kappa shape index (κ3) is 3.79. The summed E-state index contributed by atoms with van der Waals surface area (Å²) in [7, 11) is -2.16. The fourth-order valence-electron chi connectivity index (χ4n) is 1.26. The lowest BCUT2D eigenvalue weighted by Gasteiger charge is -2.10. The first-order valence-electron chi connectivity index (χ1n) is 5.39. The third-order valence-corrected chi connectivity index (χ3v) is 4.80. The van der Waals surface area contributed by atoms with E-state index in [0.29, 0.717) is 12.1 Å². The van der Waals surface area contributed by atoms with Crippen LogP contribution in [0.2, 0.25) is 0 Å². The van der Waals surface area contributed by atoms with Gasteiger partial charge in [-0.05, 0) is 31.7 Å². The second-order valence-corrected chi connectivity index (χ2v) is 6.59. The van der Waals surface area contributed by atoms with Crippen molar-refractivity contribution in [2.75, 3.05) is 12.4 Å². The summed E-state index contributed by atoms with van der Waals surface area (Å²) >= 11 is 3.23. The number of rotatable bonds is 5. The molecule has 0 fully saturated rings. The Morgan fingerprint density at radius 1 is 1.44 bits per heavy atom. The van der Waals surface area contributed by atoms with E-state index in [4.69, 9.17) is 0 Å². The van der Waals surface area contributed by atoms with E-state index in [1.165, 1.54) is 19.2 Å². The summed E-state index contributed by atoms with van der Waals surface area (Å²) in [6.45, 7) is 1.88. The SMILES string of the molecule is CCC(Br)C(=O)Nc1cccc(S(=O)(=O)NC)c1. The lowest BCUT2D eigenvalue weighted by molar-refractivity contribution is -0.115. The lowest BCUT2D eigenvalue weighted by Crippen LogP contribution is -2.22. The van der Waals surface area contributed by atoms with Crippen molar-refractivity contribution in [3.8, 4) is 0 Å². The monoisotopic (exact) mass is 334 g/mol. The number of hydrogen-bond acceptors (Lipinski definition) is 3. The number of benzene rings is 1. The van der Waals surface area contributed by atoms with Crippen LogP contribution in [0.15, 0.2) is 29.2 Å². The molecule has 0 aliphatic carbocycles. The molecule has 0 heterocycles. The molecule has 5 nitrogen and oxygen atoms in total. The van der Waals surface area contributed by atoms with E-state index in [1.54, 1.807) is 12.1 Å². The highest BCUT2D eigenvalue weighted by atomic mass is 79.9. The van der Waals surface area contributed by atoms with Gasteiger partial charge in [-0.1, -0.05) is 28.9 Å². The summed E-state index contributed by atoms with van der Waals surface area (Å²) in [4.78, 5) is 11.5. The van der Waals surface area contributed by atoms with Crippen molar-refractivity contribution in [1.82, 2.24) is 4.72 Å². The average Bonchev–Trinajstić information content (AvgIpc) is 2.38. The van der Waals surface area contributed by atoms with Gasteiger partial charge < -0.3 is 5.32 Å². The normalized spacial score (nSPS) is 13.1. The molecule has 0 bridgehead atoms. The van der Waals surface area contributed by atoms with Gasteiger partial charge in [-0.2, -0.15) is 0 Å². The van der Waals surface area contributed by atoms with Crippen molar-refractivity contribution in [2.24, 2.45) is 0 Å². The number of halogens is 1. The first-order chi connectivity index (χ1) is 8.40. The van der Waals surface area contributed by atoms with Crippen LogP contribution in [-0.2, 0) is 14.8 Å². The standard InChI is InChI=1S/C11H15BrN2O3S/c1-3-10(12)11(15)14-8-5-4-6-9(7-8)18(16,17)13-2/h4-7,10,13H,3H2,1-2H3,(H,14,15). The Bertz CT molecular complexity index is 531. The van der Waals surface area contributed by atoms with Crippen LogP contribution in [0.4, 0.5) is 5.69 Å². The lowest BCUT2D eigenvalue weighted by atomic mass is 10.3. The second kappa shape index (κ2) is 6.31. The molecular formula is C11H15BrN2O3S. The van der Waals surface area contributed by atoms with Crippen LogP contribution in [0.3, 0.4) is 0 Å². The maximum atomic E-state index is 11.7. The maximum absolute atomic E-state index is 11.7. The Balaban J connectivity index is 2.94. The fourth-order valence-corrected chi connectivity index (χ4v) is 2.15. The first kappa shape index (κ1) is 15.1. The molecular weight excluding hydrogens is 320 g/mol. The van der Waals surface area contributed by atoms with Crippen molar-refractivity contribution < 1.29 is 13.2 Å². The molecule has 1 unspecified atom stereocenters. The molecule has 0 saturated carbocycles. The molecule has 0 spiro atoms. The summed E-state index contributed by atoms with van der Waals surface area (Å²) in [6.07, 6.45) is 0.653. The highest BCUT2D eigenvalue weighted by Gasteiger charge is 2.15. The van der Waals surface area contributed by atoms with Gasteiger partial charge in [-0.3, -0.25) is 4.79 Å². The molecule has 1 atom stereocenters. The van der Waals surface area contributed by atoms with Crippen molar-refractivity contribution >= 4 is 37.5 Å². The molecule has 0 aliphatic rings. The molecule has 0 radical (unpaired) electrons. The van der Waals surface area contributed by atoms with Crippen LogP contribution in [0, 0.1) is 0 Å². The molecule has 1 aromatic rings. The molecule has 1 amide bonds. The number of sulfonamides is 1. The third-order valence-electron chi connectivity index (χ3n) is 2.32. The van der Waals surface area contributed by atoms with Crippen LogP contribution in [0.5, 0.6) is 0 Å². The summed E-state index contributed by atoms with van der Waals surface area (Å²) in [5.41, 5.74) is 0.453. The molecule has 0 aliphatic heterocycles. The number of carbonyl (C=O) groups excluding carboxylic acids is 1. The Kier molecular flexibility index (Phi) is 5.30. The number of anilines is 1. The summed E-state index contributed by atoms with van der Waals surface area (Å²) in [6, 6.07) is 6.10. The number of carbonyl (C=O) groups is 1. The van der Waals surface area contributed by atoms with E-state index in [2.05, 4.69) is 26.0 Å². The van der Waals surface area contributed by atoms with E-state index in [9.17, 15) is 13.2 Å². The van der Waals surface area contributed by atoms with E-state index in [0.717, 1.165) is 0 Å². The van der Waals surface area contributed by atoms with Gasteiger partial charge in [0.15, 0.2) is 0 Å². The van der Waals surface area contributed by atoms with Gasteiger partial charge in [0.2, 0.25) is 15.9 Å². The largest absolute Gasteiger partial charge is 0.325 e. The Morgan fingerprint density at radius 3 is 2.67 bits per heavy atom. The van der Waals surface area contributed by atoms with Crippen molar-refractivity contribution in [3.63, 3.8) is 0 Å². The average molecular weight is 335 g/mol. The van der Waals surface area contributed by atoms with Crippen LogP contribution in [0.25, 0.3) is 0 Å². The Hall–Kier alpha value is -0.920. The van der Waals surface area contributed by atoms with Crippen LogP contribution >= 0.6 is 15.9 Å². The number of hydrogen-bond donors (Lipinski definition) is 2. The zero-order chi connectivity index (χ0) is 13.8. The summed E-state index contributed by atoms with van der Waals surface area (Å²) in [5, 5.41) is 2.65. The van der Waals surface area contributed by atoms with Crippen LogP contribution in [0.1, 0.15) is 13.3 Å². The van der Waals surface area contributed by atoms with Gasteiger partial charge in [-0.25, -0.2) is 13.1 Å². The topological polar surface area (TPSA) is 75.3 Å². The highest BCUT2D eigenvalue weighted by Crippen LogP contribution is 2.16. The Morgan fingerprint density at radius 2 is 2.11 bits per heavy atom.